The second-order valence-electron chi connectivity index (χ2n) is 5.59. The van der Waals surface area contributed by atoms with Crippen LogP contribution in [0.4, 0.5) is 0 Å². The van der Waals surface area contributed by atoms with Crippen LogP contribution in [0.5, 0.6) is 5.75 Å². The molecule has 102 valence electrons. The van der Waals surface area contributed by atoms with E-state index in [9.17, 15) is 4.79 Å². The smallest absolute Gasteiger partial charge is 0.314 e. The van der Waals surface area contributed by atoms with Gasteiger partial charge in [-0.3, -0.25) is 4.79 Å². The predicted octanol–water partition coefficient (Wildman–Crippen LogP) is 4.36. The molecule has 1 aliphatic carbocycles. The standard InChI is InChI=1S/C17H22O2/c1-13(2)12-14-8-10-15(11-9-14)17(18)19-16-6-4-3-5-7-16/h3-7,12,14-15H,8-11H2,1-2H3. The maximum Gasteiger partial charge on any atom is 0.314 e. The number of carbonyl (C=O) groups excluding carboxylic acids is 1. The Bertz CT molecular complexity index is 436. The van der Waals surface area contributed by atoms with Crippen molar-refractivity contribution < 1.29 is 9.53 Å². The summed E-state index contributed by atoms with van der Waals surface area (Å²) < 4.78 is 5.42. The van der Waals surface area contributed by atoms with Gasteiger partial charge in [0.2, 0.25) is 0 Å². The SMILES string of the molecule is CC(C)=CC1CCC(C(=O)Oc2ccccc2)CC1. The minimum Gasteiger partial charge on any atom is -0.426 e. The third-order valence-corrected chi connectivity index (χ3v) is 3.64. The third kappa shape index (κ3) is 4.23. The van der Waals surface area contributed by atoms with Crippen molar-refractivity contribution in [3.05, 3.63) is 42.0 Å². The highest BCUT2D eigenvalue weighted by atomic mass is 16.5. The van der Waals surface area contributed by atoms with E-state index in [1.165, 1.54) is 5.57 Å². The fourth-order valence-electron chi connectivity index (χ4n) is 2.68. The lowest BCUT2D eigenvalue weighted by molar-refractivity contribution is -0.140. The van der Waals surface area contributed by atoms with Gasteiger partial charge in [-0.1, -0.05) is 29.8 Å². The summed E-state index contributed by atoms with van der Waals surface area (Å²) >= 11 is 0. The monoisotopic (exact) mass is 258 g/mol. The van der Waals surface area contributed by atoms with Crippen LogP contribution in [0.3, 0.4) is 0 Å². The molecule has 1 saturated carbocycles. The van der Waals surface area contributed by atoms with Crippen LogP contribution >= 0.6 is 0 Å². The molecule has 0 aromatic heterocycles. The molecule has 2 nitrogen and oxygen atoms in total. The number of para-hydroxylation sites is 1. The molecule has 2 heteroatoms. The first kappa shape index (κ1) is 13.9. The average Bonchev–Trinajstić information content (AvgIpc) is 2.40. The third-order valence-electron chi connectivity index (χ3n) is 3.64. The van der Waals surface area contributed by atoms with Gasteiger partial charge >= 0.3 is 5.97 Å². The number of esters is 1. The van der Waals surface area contributed by atoms with E-state index in [1.807, 2.05) is 30.3 Å². The summed E-state index contributed by atoms with van der Waals surface area (Å²) in [6.07, 6.45) is 6.42. The predicted molar refractivity (Wildman–Crippen MR) is 77.0 cm³/mol. The van der Waals surface area contributed by atoms with Gasteiger partial charge in [-0.05, 0) is 57.6 Å². The van der Waals surface area contributed by atoms with E-state index in [1.54, 1.807) is 0 Å². The van der Waals surface area contributed by atoms with Gasteiger partial charge < -0.3 is 4.74 Å². The molecule has 0 radical (unpaired) electrons. The molecule has 1 aromatic carbocycles. The van der Waals surface area contributed by atoms with Crippen LogP contribution in [-0.2, 0) is 4.79 Å². The van der Waals surface area contributed by atoms with E-state index >= 15 is 0 Å². The van der Waals surface area contributed by atoms with E-state index in [2.05, 4.69) is 19.9 Å². The Morgan fingerprint density at radius 1 is 1.11 bits per heavy atom. The Labute approximate surface area is 115 Å². The summed E-state index contributed by atoms with van der Waals surface area (Å²) in [5, 5.41) is 0. The number of benzene rings is 1. The van der Waals surface area contributed by atoms with Gasteiger partial charge in [0.25, 0.3) is 0 Å². The van der Waals surface area contributed by atoms with Crippen molar-refractivity contribution in [3.8, 4) is 5.75 Å². The maximum absolute atomic E-state index is 12.1. The lowest BCUT2D eigenvalue weighted by Crippen LogP contribution is -2.25. The molecule has 0 N–H and O–H groups in total. The second-order valence-corrected chi connectivity index (χ2v) is 5.59. The van der Waals surface area contributed by atoms with E-state index in [0.717, 1.165) is 25.7 Å². The molecule has 0 spiro atoms. The van der Waals surface area contributed by atoms with Gasteiger partial charge in [0.15, 0.2) is 0 Å². The molecular weight excluding hydrogens is 236 g/mol. The molecule has 19 heavy (non-hydrogen) atoms. The van der Waals surface area contributed by atoms with Gasteiger partial charge in [-0.15, -0.1) is 0 Å². The van der Waals surface area contributed by atoms with Crippen LogP contribution in [0.15, 0.2) is 42.0 Å². The van der Waals surface area contributed by atoms with E-state index in [-0.39, 0.29) is 11.9 Å². The first-order chi connectivity index (χ1) is 9.15. The van der Waals surface area contributed by atoms with Crippen LogP contribution in [-0.4, -0.2) is 5.97 Å². The Morgan fingerprint density at radius 2 is 1.74 bits per heavy atom. The zero-order chi connectivity index (χ0) is 13.7. The molecule has 1 aromatic rings. The number of hydrogen-bond donors (Lipinski definition) is 0. The Morgan fingerprint density at radius 3 is 2.32 bits per heavy atom. The van der Waals surface area contributed by atoms with E-state index in [4.69, 9.17) is 4.74 Å². The quantitative estimate of drug-likeness (QED) is 0.457. The van der Waals surface area contributed by atoms with Crippen LogP contribution < -0.4 is 4.74 Å². The lowest BCUT2D eigenvalue weighted by atomic mass is 9.81. The van der Waals surface area contributed by atoms with Crippen LogP contribution in [0.25, 0.3) is 0 Å². The van der Waals surface area contributed by atoms with Crippen LogP contribution in [0.1, 0.15) is 39.5 Å². The van der Waals surface area contributed by atoms with Gasteiger partial charge in [-0.25, -0.2) is 0 Å². The highest BCUT2D eigenvalue weighted by Crippen LogP contribution is 2.31. The summed E-state index contributed by atoms with van der Waals surface area (Å²) in [4.78, 5) is 12.1. The topological polar surface area (TPSA) is 26.3 Å². The first-order valence-corrected chi connectivity index (χ1v) is 7.07. The van der Waals surface area contributed by atoms with Crippen molar-refractivity contribution in [2.45, 2.75) is 39.5 Å². The highest BCUT2D eigenvalue weighted by Gasteiger charge is 2.26. The zero-order valence-electron chi connectivity index (χ0n) is 11.8. The van der Waals surface area contributed by atoms with Gasteiger partial charge in [-0.2, -0.15) is 0 Å². The first-order valence-electron chi connectivity index (χ1n) is 7.07. The number of hydrogen-bond acceptors (Lipinski definition) is 2. The van der Waals surface area contributed by atoms with Crippen LogP contribution in [0, 0.1) is 11.8 Å². The molecule has 2 rings (SSSR count). The molecule has 1 fully saturated rings. The van der Waals surface area contributed by atoms with Crippen molar-refractivity contribution >= 4 is 5.97 Å². The number of ether oxygens (including phenoxy) is 1. The molecule has 0 bridgehead atoms. The Kier molecular flexibility index (Phi) is 4.78. The van der Waals surface area contributed by atoms with E-state index < -0.39 is 0 Å². The molecule has 1 aliphatic rings. The largest absolute Gasteiger partial charge is 0.426 e. The molecule has 0 aliphatic heterocycles. The average molecular weight is 258 g/mol. The van der Waals surface area contributed by atoms with Gasteiger partial charge in [0, 0.05) is 0 Å². The van der Waals surface area contributed by atoms with Crippen LogP contribution in [0.2, 0.25) is 0 Å². The number of allylic oxidation sites excluding steroid dienone is 2. The molecule has 0 saturated heterocycles. The highest BCUT2D eigenvalue weighted by molar-refractivity contribution is 5.75. The Hall–Kier alpha value is -1.57. The van der Waals surface area contributed by atoms with Crippen molar-refractivity contribution in [2.75, 3.05) is 0 Å². The number of rotatable bonds is 3. The Balaban J connectivity index is 1.84. The van der Waals surface area contributed by atoms with Crippen molar-refractivity contribution in [2.24, 2.45) is 11.8 Å². The fourth-order valence-corrected chi connectivity index (χ4v) is 2.68. The molecular formula is C17H22O2. The van der Waals surface area contributed by atoms with Crippen molar-refractivity contribution in [1.29, 1.82) is 0 Å². The number of carbonyl (C=O) groups is 1. The molecule has 0 unspecified atom stereocenters. The summed E-state index contributed by atoms with van der Waals surface area (Å²) in [7, 11) is 0. The van der Waals surface area contributed by atoms with Crippen molar-refractivity contribution in [1.82, 2.24) is 0 Å². The maximum atomic E-state index is 12.1. The minimum atomic E-state index is -0.0677. The van der Waals surface area contributed by atoms with Gasteiger partial charge in [0.05, 0.1) is 5.92 Å². The normalized spacial score (nSPS) is 22.6. The second kappa shape index (κ2) is 6.55. The lowest BCUT2D eigenvalue weighted by Gasteiger charge is -2.25. The summed E-state index contributed by atoms with van der Waals surface area (Å²) in [5.41, 5.74) is 1.37. The summed E-state index contributed by atoms with van der Waals surface area (Å²) in [6.45, 7) is 4.27. The van der Waals surface area contributed by atoms with E-state index in [0.29, 0.717) is 11.7 Å². The zero-order valence-corrected chi connectivity index (χ0v) is 11.8. The van der Waals surface area contributed by atoms with Crippen molar-refractivity contribution in [3.63, 3.8) is 0 Å². The minimum absolute atomic E-state index is 0.0677. The molecule has 0 atom stereocenters. The fraction of sp³-hybridized carbons (Fsp3) is 0.471. The molecule has 0 amide bonds. The molecule has 0 heterocycles. The summed E-state index contributed by atoms with van der Waals surface area (Å²) in [6, 6.07) is 9.34. The summed E-state index contributed by atoms with van der Waals surface area (Å²) in [5.74, 6) is 1.30. The van der Waals surface area contributed by atoms with Gasteiger partial charge in [0.1, 0.15) is 5.75 Å².